The molecule has 21 heavy (non-hydrogen) atoms. The lowest BCUT2D eigenvalue weighted by molar-refractivity contribution is -0.118. The summed E-state index contributed by atoms with van der Waals surface area (Å²) >= 11 is 0. The number of nitrogens with two attached hydrogens (primary N) is 2. The number of hydrogen-bond acceptors (Lipinski definition) is 5. The fourth-order valence-corrected chi connectivity index (χ4v) is 2.21. The van der Waals surface area contributed by atoms with E-state index in [2.05, 4.69) is 0 Å². The van der Waals surface area contributed by atoms with Gasteiger partial charge in [0.25, 0.3) is 0 Å². The van der Waals surface area contributed by atoms with Gasteiger partial charge in [-0.05, 0) is 12.8 Å². The zero-order valence-corrected chi connectivity index (χ0v) is 12.8. The van der Waals surface area contributed by atoms with Crippen molar-refractivity contribution in [3.8, 4) is 17.2 Å². The lowest BCUT2D eigenvalue weighted by Crippen LogP contribution is -2.14. The van der Waals surface area contributed by atoms with Gasteiger partial charge in [-0.25, -0.2) is 0 Å². The van der Waals surface area contributed by atoms with Crippen molar-refractivity contribution in [1.29, 1.82) is 0 Å². The van der Waals surface area contributed by atoms with Crippen molar-refractivity contribution in [3.05, 3.63) is 17.7 Å². The molecule has 0 radical (unpaired) electrons. The third-order valence-corrected chi connectivity index (χ3v) is 3.31. The topological polar surface area (TPSA) is 96.8 Å². The Morgan fingerprint density at radius 2 is 1.67 bits per heavy atom. The third-order valence-electron chi connectivity index (χ3n) is 3.31. The van der Waals surface area contributed by atoms with E-state index >= 15 is 0 Å². The first-order valence-corrected chi connectivity index (χ1v) is 6.87. The predicted molar refractivity (Wildman–Crippen MR) is 80.7 cm³/mol. The van der Waals surface area contributed by atoms with Gasteiger partial charge in [0.1, 0.15) is 17.2 Å². The number of rotatable bonds is 9. The molecule has 0 fully saturated rings. The molecule has 6 heteroatoms. The number of ether oxygens (including phenoxy) is 3. The molecular weight excluding hydrogens is 272 g/mol. The van der Waals surface area contributed by atoms with Crippen LogP contribution >= 0.6 is 0 Å². The minimum Gasteiger partial charge on any atom is -0.496 e. The Morgan fingerprint density at radius 3 is 2.10 bits per heavy atom. The highest BCUT2D eigenvalue weighted by atomic mass is 16.5. The van der Waals surface area contributed by atoms with Crippen LogP contribution in [0.25, 0.3) is 0 Å². The van der Waals surface area contributed by atoms with Gasteiger partial charge < -0.3 is 25.7 Å². The van der Waals surface area contributed by atoms with E-state index in [1.807, 2.05) is 0 Å². The van der Waals surface area contributed by atoms with Crippen LogP contribution in [0.15, 0.2) is 12.1 Å². The summed E-state index contributed by atoms with van der Waals surface area (Å²) in [6.07, 6.45) is 2.63. The number of carbonyl (C=O) groups excluding carboxylic acids is 1. The molecule has 0 spiro atoms. The average molecular weight is 296 g/mol. The van der Waals surface area contributed by atoms with Crippen LogP contribution in [0.4, 0.5) is 0 Å². The Labute approximate surface area is 125 Å². The smallest absolute Gasteiger partial charge is 0.217 e. The Morgan fingerprint density at radius 1 is 1.10 bits per heavy atom. The third kappa shape index (κ3) is 4.82. The van der Waals surface area contributed by atoms with Gasteiger partial charge in [-0.3, -0.25) is 4.79 Å². The largest absolute Gasteiger partial charge is 0.496 e. The fourth-order valence-electron chi connectivity index (χ4n) is 2.21. The number of amides is 1. The van der Waals surface area contributed by atoms with Gasteiger partial charge in [-0.1, -0.05) is 6.42 Å². The van der Waals surface area contributed by atoms with Gasteiger partial charge in [0.05, 0.1) is 26.9 Å². The van der Waals surface area contributed by atoms with Crippen molar-refractivity contribution in [2.24, 2.45) is 11.5 Å². The van der Waals surface area contributed by atoms with E-state index in [1.165, 1.54) is 0 Å². The van der Waals surface area contributed by atoms with Crippen molar-refractivity contribution in [3.63, 3.8) is 0 Å². The van der Waals surface area contributed by atoms with E-state index in [0.717, 1.165) is 18.4 Å². The number of hydrogen-bond donors (Lipinski definition) is 2. The standard InChI is InChI=1S/C15H24N2O4/c1-19-10-8-12(20-2)15(13(9-10)21-3)11(16)6-4-5-7-14(17)18/h8-9,11H,4-7,16H2,1-3H3,(H2,17,18). The average Bonchev–Trinajstić information content (AvgIpc) is 2.49. The van der Waals surface area contributed by atoms with E-state index in [4.69, 9.17) is 25.7 Å². The quantitative estimate of drug-likeness (QED) is 0.677. The molecule has 1 amide bonds. The monoisotopic (exact) mass is 296 g/mol. The molecule has 0 aromatic heterocycles. The van der Waals surface area contributed by atoms with E-state index in [0.29, 0.717) is 30.1 Å². The lowest BCUT2D eigenvalue weighted by atomic mass is 9.99. The van der Waals surface area contributed by atoms with Crippen molar-refractivity contribution in [2.45, 2.75) is 31.7 Å². The molecule has 1 rings (SSSR count). The number of primary amides is 1. The molecule has 6 nitrogen and oxygen atoms in total. The summed E-state index contributed by atoms with van der Waals surface area (Å²) in [7, 11) is 4.74. The van der Waals surface area contributed by atoms with E-state index < -0.39 is 0 Å². The first-order chi connectivity index (χ1) is 10.0. The maximum atomic E-state index is 10.7. The second-order valence-electron chi connectivity index (χ2n) is 4.76. The molecule has 0 saturated carbocycles. The molecule has 0 aliphatic heterocycles. The molecular formula is C15H24N2O4. The van der Waals surface area contributed by atoms with Crippen molar-refractivity contribution >= 4 is 5.91 Å². The molecule has 0 aliphatic carbocycles. The maximum absolute atomic E-state index is 10.7. The molecule has 1 atom stereocenters. The van der Waals surface area contributed by atoms with E-state index in [-0.39, 0.29) is 11.9 Å². The van der Waals surface area contributed by atoms with Crippen LogP contribution in [-0.4, -0.2) is 27.2 Å². The number of benzene rings is 1. The van der Waals surface area contributed by atoms with Crippen LogP contribution in [0.3, 0.4) is 0 Å². The van der Waals surface area contributed by atoms with Crippen molar-refractivity contribution in [2.75, 3.05) is 21.3 Å². The Balaban J connectivity index is 2.86. The molecule has 0 bridgehead atoms. The van der Waals surface area contributed by atoms with Gasteiger partial charge in [-0.15, -0.1) is 0 Å². The number of carbonyl (C=O) groups is 1. The summed E-state index contributed by atoms with van der Waals surface area (Å²) in [6, 6.07) is 3.32. The summed E-state index contributed by atoms with van der Waals surface area (Å²) in [5, 5.41) is 0. The van der Waals surface area contributed by atoms with Gasteiger partial charge in [0.2, 0.25) is 5.91 Å². The molecule has 0 saturated heterocycles. The highest BCUT2D eigenvalue weighted by molar-refractivity contribution is 5.73. The SMILES string of the molecule is COc1cc(OC)c(C(N)CCCCC(N)=O)c(OC)c1. The van der Waals surface area contributed by atoms with Crippen molar-refractivity contribution < 1.29 is 19.0 Å². The van der Waals surface area contributed by atoms with Crippen LogP contribution in [-0.2, 0) is 4.79 Å². The molecule has 1 aromatic carbocycles. The zero-order valence-electron chi connectivity index (χ0n) is 12.8. The van der Waals surface area contributed by atoms with Gasteiger partial charge in [0.15, 0.2) is 0 Å². The Bertz CT molecular complexity index is 452. The van der Waals surface area contributed by atoms with Crippen LogP contribution in [0, 0.1) is 0 Å². The molecule has 1 aromatic rings. The maximum Gasteiger partial charge on any atom is 0.217 e. The van der Waals surface area contributed by atoms with Crippen LogP contribution in [0.2, 0.25) is 0 Å². The first-order valence-electron chi connectivity index (χ1n) is 6.87. The van der Waals surface area contributed by atoms with Crippen LogP contribution < -0.4 is 25.7 Å². The van der Waals surface area contributed by atoms with Crippen molar-refractivity contribution in [1.82, 2.24) is 0 Å². The minimum atomic E-state index is -0.289. The highest BCUT2D eigenvalue weighted by Crippen LogP contribution is 2.38. The molecule has 4 N–H and O–H groups in total. The summed E-state index contributed by atoms with van der Waals surface area (Å²) < 4.78 is 16.0. The van der Waals surface area contributed by atoms with Gasteiger partial charge in [0, 0.05) is 24.6 Å². The number of methoxy groups -OCH3 is 3. The van der Waals surface area contributed by atoms with E-state index in [9.17, 15) is 4.79 Å². The number of unbranched alkanes of at least 4 members (excludes halogenated alkanes) is 1. The van der Waals surface area contributed by atoms with Crippen LogP contribution in [0.5, 0.6) is 17.2 Å². The normalized spacial score (nSPS) is 11.8. The van der Waals surface area contributed by atoms with Crippen LogP contribution in [0.1, 0.15) is 37.3 Å². The Hall–Kier alpha value is -1.95. The lowest BCUT2D eigenvalue weighted by Gasteiger charge is -2.20. The summed E-state index contributed by atoms with van der Waals surface area (Å²) in [6.45, 7) is 0. The summed E-state index contributed by atoms with van der Waals surface area (Å²) in [5.74, 6) is 1.62. The zero-order chi connectivity index (χ0) is 15.8. The second-order valence-corrected chi connectivity index (χ2v) is 4.76. The molecule has 0 aliphatic rings. The van der Waals surface area contributed by atoms with E-state index in [1.54, 1.807) is 33.5 Å². The minimum absolute atomic E-state index is 0.242. The van der Waals surface area contributed by atoms with Gasteiger partial charge >= 0.3 is 0 Å². The molecule has 118 valence electrons. The summed E-state index contributed by atoms with van der Waals surface area (Å²) in [5.41, 5.74) is 12.2. The van der Waals surface area contributed by atoms with Gasteiger partial charge in [-0.2, -0.15) is 0 Å². The summed E-state index contributed by atoms with van der Waals surface area (Å²) in [4.78, 5) is 10.7. The fraction of sp³-hybridized carbons (Fsp3) is 0.533. The Kier molecular flexibility index (Phi) is 6.81. The highest BCUT2D eigenvalue weighted by Gasteiger charge is 2.19. The second kappa shape index (κ2) is 8.36. The molecule has 1 unspecified atom stereocenters. The predicted octanol–water partition coefficient (Wildman–Crippen LogP) is 1.76. The molecule has 0 heterocycles. The first kappa shape index (κ1) is 17.1.